The molecule has 0 spiro atoms. The minimum atomic E-state index is -0.455. The van der Waals surface area contributed by atoms with Gasteiger partial charge in [0.25, 0.3) is 0 Å². The third kappa shape index (κ3) is 4.47. The van der Waals surface area contributed by atoms with Crippen LogP contribution < -0.4 is 10.1 Å². The molecule has 5 heteroatoms. The fourth-order valence-corrected chi connectivity index (χ4v) is 5.72. The second-order valence-electron chi connectivity index (χ2n) is 11.6. The van der Waals surface area contributed by atoms with E-state index in [0.717, 1.165) is 29.8 Å². The zero-order valence-electron chi connectivity index (χ0n) is 20.7. The van der Waals surface area contributed by atoms with Gasteiger partial charge in [0.2, 0.25) is 0 Å². The van der Waals surface area contributed by atoms with Crippen molar-refractivity contribution in [2.24, 2.45) is 10.8 Å². The maximum atomic E-state index is 13.5. The van der Waals surface area contributed by atoms with Gasteiger partial charge in [0, 0.05) is 41.3 Å². The van der Waals surface area contributed by atoms with Crippen LogP contribution in [-0.2, 0) is 9.59 Å². The molecule has 2 aromatic carbocycles. The van der Waals surface area contributed by atoms with Crippen molar-refractivity contribution < 1.29 is 19.1 Å². The first kappa shape index (κ1) is 23.3. The third-order valence-electron chi connectivity index (χ3n) is 7.13. The van der Waals surface area contributed by atoms with Gasteiger partial charge in [0.1, 0.15) is 5.75 Å². The Hall–Kier alpha value is -3.47. The van der Waals surface area contributed by atoms with Gasteiger partial charge >= 0.3 is 5.97 Å². The third-order valence-corrected chi connectivity index (χ3v) is 7.13. The topological polar surface area (TPSA) is 72.5 Å². The van der Waals surface area contributed by atoms with E-state index in [1.54, 1.807) is 36.4 Å². The number of esters is 1. The summed E-state index contributed by atoms with van der Waals surface area (Å²) >= 11 is 0. The number of hydrogen-bond donors (Lipinski definition) is 1. The summed E-state index contributed by atoms with van der Waals surface area (Å²) in [5.41, 5.74) is 4.18. The summed E-state index contributed by atoms with van der Waals surface area (Å²) in [6, 6.07) is 16.1. The first-order chi connectivity index (χ1) is 16.5. The number of benzene rings is 2. The van der Waals surface area contributed by atoms with Gasteiger partial charge in [-0.2, -0.15) is 0 Å². The Balaban J connectivity index is 1.58. The summed E-state index contributed by atoms with van der Waals surface area (Å²) in [6.45, 7) is 8.42. The van der Waals surface area contributed by atoms with Crippen LogP contribution in [0.5, 0.6) is 5.75 Å². The number of carbonyl (C=O) groups excluding carboxylic acids is 3. The number of nitrogens with one attached hydrogen (secondary N) is 1. The lowest BCUT2D eigenvalue weighted by Gasteiger charge is -2.44. The van der Waals surface area contributed by atoms with Crippen molar-refractivity contribution in [3.63, 3.8) is 0 Å². The summed E-state index contributed by atoms with van der Waals surface area (Å²) in [5, 5.41) is 3.53. The second-order valence-corrected chi connectivity index (χ2v) is 11.6. The summed E-state index contributed by atoms with van der Waals surface area (Å²) < 4.78 is 5.67. The molecular formula is C30H31NO4. The highest BCUT2D eigenvalue weighted by Crippen LogP contribution is 2.51. The molecule has 0 saturated carbocycles. The fourth-order valence-electron chi connectivity index (χ4n) is 5.72. The maximum absolute atomic E-state index is 13.5. The molecule has 0 atom stereocenters. The fraction of sp³-hybridized carbons (Fsp3) is 0.367. The van der Waals surface area contributed by atoms with Crippen LogP contribution in [0.2, 0.25) is 0 Å². The van der Waals surface area contributed by atoms with Crippen LogP contribution >= 0.6 is 0 Å². The molecule has 35 heavy (non-hydrogen) atoms. The van der Waals surface area contributed by atoms with E-state index in [2.05, 4.69) is 33.0 Å². The normalized spacial score (nSPS) is 21.3. The van der Waals surface area contributed by atoms with E-state index in [9.17, 15) is 14.4 Å². The minimum absolute atomic E-state index is 0.0737. The molecule has 0 fully saturated rings. The van der Waals surface area contributed by atoms with E-state index in [-0.39, 0.29) is 22.4 Å². The largest absolute Gasteiger partial charge is 0.423 e. The maximum Gasteiger partial charge on any atom is 0.343 e. The molecule has 0 radical (unpaired) electrons. The van der Waals surface area contributed by atoms with Gasteiger partial charge in [-0.25, -0.2) is 4.79 Å². The first-order valence-electron chi connectivity index (χ1n) is 12.2. The van der Waals surface area contributed by atoms with Gasteiger partial charge in [-0.3, -0.25) is 9.59 Å². The molecule has 5 rings (SSSR count). The van der Waals surface area contributed by atoms with E-state index in [0.29, 0.717) is 35.3 Å². The van der Waals surface area contributed by atoms with Gasteiger partial charge in [0.15, 0.2) is 11.6 Å². The number of Topliss-reactive ketones (excluding diaryl/α,β-unsaturated/α-hetero) is 2. The van der Waals surface area contributed by atoms with E-state index in [1.807, 2.05) is 18.2 Å². The summed E-state index contributed by atoms with van der Waals surface area (Å²) in [4.78, 5) is 39.6. The molecule has 1 N–H and O–H groups in total. The van der Waals surface area contributed by atoms with Crippen LogP contribution in [0.25, 0.3) is 0 Å². The van der Waals surface area contributed by atoms with E-state index >= 15 is 0 Å². The highest BCUT2D eigenvalue weighted by Gasteiger charge is 2.46. The Kier molecular flexibility index (Phi) is 5.54. The van der Waals surface area contributed by atoms with E-state index in [1.165, 1.54) is 0 Å². The predicted octanol–water partition coefficient (Wildman–Crippen LogP) is 5.88. The van der Waals surface area contributed by atoms with Gasteiger partial charge in [-0.15, -0.1) is 0 Å². The zero-order chi connectivity index (χ0) is 25.0. The smallest absolute Gasteiger partial charge is 0.343 e. The van der Waals surface area contributed by atoms with Crippen molar-refractivity contribution in [1.29, 1.82) is 0 Å². The Morgan fingerprint density at radius 2 is 1.37 bits per heavy atom. The van der Waals surface area contributed by atoms with Gasteiger partial charge in [-0.1, -0.05) is 58.0 Å². The molecule has 0 aromatic heterocycles. The monoisotopic (exact) mass is 469 g/mol. The van der Waals surface area contributed by atoms with Crippen LogP contribution in [0.15, 0.2) is 77.1 Å². The molecule has 3 aliphatic rings. The lowest BCUT2D eigenvalue weighted by molar-refractivity contribution is -0.119. The molecule has 0 unspecified atom stereocenters. The highest BCUT2D eigenvalue weighted by atomic mass is 16.5. The van der Waals surface area contributed by atoms with Crippen molar-refractivity contribution in [3.05, 3.63) is 88.3 Å². The molecule has 1 aliphatic heterocycles. The van der Waals surface area contributed by atoms with E-state index < -0.39 is 11.9 Å². The van der Waals surface area contributed by atoms with Gasteiger partial charge in [0.05, 0.1) is 5.56 Å². The van der Waals surface area contributed by atoms with Crippen molar-refractivity contribution >= 4 is 17.5 Å². The Bertz CT molecular complexity index is 1240. The highest BCUT2D eigenvalue weighted by molar-refractivity contribution is 6.06. The molecule has 1 heterocycles. The van der Waals surface area contributed by atoms with Gasteiger partial charge < -0.3 is 10.1 Å². The van der Waals surface area contributed by atoms with Crippen LogP contribution in [0, 0.1) is 10.8 Å². The summed E-state index contributed by atoms with van der Waals surface area (Å²) in [7, 11) is 0. The van der Waals surface area contributed by atoms with Crippen molar-refractivity contribution in [2.75, 3.05) is 0 Å². The quantitative estimate of drug-likeness (QED) is 0.449. The van der Waals surface area contributed by atoms with Crippen LogP contribution in [0.1, 0.15) is 75.2 Å². The molecule has 0 amide bonds. The van der Waals surface area contributed by atoms with Crippen LogP contribution in [0.3, 0.4) is 0 Å². The lowest BCUT2D eigenvalue weighted by Crippen LogP contribution is -2.42. The minimum Gasteiger partial charge on any atom is -0.423 e. The molecule has 5 nitrogen and oxygen atoms in total. The average molecular weight is 470 g/mol. The first-order valence-corrected chi connectivity index (χ1v) is 12.2. The number of rotatable bonds is 3. The van der Waals surface area contributed by atoms with Gasteiger partial charge in [-0.05, 0) is 53.5 Å². The molecule has 2 aliphatic carbocycles. The van der Waals surface area contributed by atoms with Crippen molar-refractivity contribution in [1.82, 2.24) is 5.32 Å². The number of allylic oxidation sites excluding steroid dienone is 4. The van der Waals surface area contributed by atoms with Crippen LogP contribution in [0.4, 0.5) is 0 Å². The van der Waals surface area contributed by atoms with Crippen molar-refractivity contribution in [3.8, 4) is 5.75 Å². The molecule has 2 aromatic rings. The Morgan fingerprint density at radius 3 is 1.94 bits per heavy atom. The molecule has 180 valence electrons. The number of ketones is 2. The number of carbonyl (C=O) groups is 3. The second kappa shape index (κ2) is 8.33. The number of dihydropyridines is 1. The Labute approximate surface area is 206 Å². The Morgan fingerprint density at radius 1 is 0.800 bits per heavy atom. The standard InChI is InChI=1S/C30H31NO4/c1-29(2)14-21-26(23(32)16-29)25(27-22(31-21)15-30(3,4)17-24(27)33)19-11-8-12-20(13-19)35-28(34)18-9-6-5-7-10-18/h5-13,25,31H,14-17H2,1-4H3. The van der Waals surface area contributed by atoms with Crippen LogP contribution in [-0.4, -0.2) is 17.5 Å². The van der Waals surface area contributed by atoms with E-state index in [4.69, 9.17) is 4.74 Å². The SMILES string of the molecule is CC1(C)CC(=O)C2=C(C1)NC1=C(C(=O)CC(C)(C)C1)C2c1cccc(OC(=O)c2ccccc2)c1. The summed E-state index contributed by atoms with van der Waals surface area (Å²) in [5.74, 6) is -0.358. The molecular weight excluding hydrogens is 438 g/mol. The zero-order valence-corrected chi connectivity index (χ0v) is 20.7. The number of hydrogen-bond acceptors (Lipinski definition) is 5. The predicted molar refractivity (Wildman–Crippen MR) is 134 cm³/mol. The average Bonchev–Trinajstić information content (AvgIpc) is 2.76. The lowest BCUT2D eigenvalue weighted by atomic mass is 9.64. The number of ether oxygens (including phenoxy) is 1. The van der Waals surface area contributed by atoms with Crippen molar-refractivity contribution in [2.45, 2.75) is 59.3 Å². The summed E-state index contributed by atoms with van der Waals surface area (Å²) in [6.07, 6.45) is 2.38. The molecule has 0 saturated heterocycles. The molecule has 0 bridgehead atoms.